The molecule has 5 heteroatoms. The van der Waals surface area contributed by atoms with Crippen molar-refractivity contribution in [1.82, 2.24) is 9.97 Å². The Balaban J connectivity index is 1.50. The van der Waals surface area contributed by atoms with Gasteiger partial charge in [-0.2, -0.15) is 0 Å². The molecule has 0 aliphatic carbocycles. The summed E-state index contributed by atoms with van der Waals surface area (Å²) in [7, 11) is 0. The summed E-state index contributed by atoms with van der Waals surface area (Å²) in [6.07, 6.45) is 3.86. The van der Waals surface area contributed by atoms with Crippen molar-refractivity contribution in [2.75, 3.05) is 4.90 Å². The van der Waals surface area contributed by atoms with E-state index in [1.807, 2.05) is 49.4 Å². The topological polar surface area (TPSA) is 46.1 Å². The van der Waals surface area contributed by atoms with Gasteiger partial charge in [-0.1, -0.05) is 72.0 Å². The average Bonchev–Trinajstić information content (AvgIpc) is 3.23. The molecule has 0 atom stereocenters. The van der Waals surface area contributed by atoms with E-state index in [1.165, 1.54) is 5.39 Å². The van der Waals surface area contributed by atoms with E-state index in [0.29, 0.717) is 13.0 Å². The highest BCUT2D eigenvalue weighted by Crippen LogP contribution is 2.32. The smallest absolute Gasteiger partial charge is 0.233 e. The first kappa shape index (κ1) is 19.4. The number of benzene rings is 3. The molecule has 0 aliphatic heterocycles. The second kappa shape index (κ2) is 8.28. The highest BCUT2D eigenvalue weighted by atomic mass is 32.1. The van der Waals surface area contributed by atoms with Gasteiger partial charge >= 0.3 is 0 Å². The molecule has 4 nitrogen and oxygen atoms in total. The second-order valence-corrected chi connectivity index (χ2v) is 8.63. The lowest BCUT2D eigenvalue weighted by atomic mass is 10.0. The van der Waals surface area contributed by atoms with E-state index in [2.05, 4.69) is 35.3 Å². The molecule has 0 radical (unpaired) electrons. The molecule has 3 aromatic carbocycles. The van der Waals surface area contributed by atoms with Crippen molar-refractivity contribution in [2.45, 2.75) is 19.9 Å². The third-order valence-corrected chi connectivity index (χ3v) is 6.42. The summed E-state index contributed by atoms with van der Waals surface area (Å²) in [5, 5.41) is 3.04. The maximum Gasteiger partial charge on any atom is 0.233 e. The fourth-order valence-electron chi connectivity index (χ4n) is 3.75. The molecule has 0 fully saturated rings. The molecule has 0 bridgehead atoms. The van der Waals surface area contributed by atoms with E-state index >= 15 is 0 Å². The van der Waals surface area contributed by atoms with E-state index in [1.54, 1.807) is 28.6 Å². The van der Waals surface area contributed by atoms with E-state index in [9.17, 15) is 4.79 Å². The van der Waals surface area contributed by atoms with Crippen molar-refractivity contribution in [2.24, 2.45) is 0 Å². The van der Waals surface area contributed by atoms with Gasteiger partial charge in [-0.15, -0.1) is 0 Å². The molecule has 2 heterocycles. The number of para-hydroxylation sites is 1. The molecular formula is C26H21N3OS. The Labute approximate surface area is 184 Å². The van der Waals surface area contributed by atoms with Crippen molar-refractivity contribution in [3.05, 3.63) is 102 Å². The van der Waals surface area contributed by atoms with Crippen LogP contribution in [-0.2, 0) is 17.8 Å². The Morgan fingerprint density at radius 3 is 2.61 bits per heavy atom. The first-order valence-electron chi connectivity index (χ1n) is 10.2. The number of carbonyl (C=O) groups is 1. The number of fused-ring (bicyclic) bond motifs is 2. The SMILES string of the molecule is Cc1cccc2sc(N(Cc3cccnc3)C(=O)Cc3ccc4ccccc4c3)nc12. The summed E-state index contributed by atoms with van der Waals surface area (Å²) in [6.45, 7) is 2.49. The number of amides is 1. The van der Waals surface area contributed by atoms with Crippen LogP contribution in [0.3, 0.4) is 0 Å². The number of carbonyl (C=O) groups excluding carboxylic acids is 1. The van der Waals surface area contributed by atoms with Crippen LogP contribution in [0.15, 0.2) is 85.2 Å². The van der Waals surface area contributed by atoms with Gasteiger partial charge in [-0.3, -0.25) is 14.7 Å². The summed E-state index contributed by atoms with van der Waals surface area (Å²) >= 11 is 1.55. The van der Waals surface area contributed by atoms with E-state index < -0.39 is 0 Å². The Morgan fingerprint density at radius 2 is 1.81 bits per heavy atom. The zero-order chi connectivity index (χ0) is 21.2. The maximum absolute atomic E-state index is 13.5. The van der Waals surface area contributed by atoms with Crippen LogP contribution in [0.1, 0.15) is 16.7 Å². The molecule has 0 spiro atoms. The number of hydrogen-bond donors (Lipinski definition) is 0. The van der Waals surface area contributed by atoms with Crippen LogP contribution < -0.4 is 4.90 Å². The number of hydrogen-bond acceptors (Lipinski definition) is 4. The molecule has 2 aromatic heterocycles. The van der Waals surface area contributed by atoms with Crippen molar-refractivity contribution in [1.29, 1.82) is 0 Å². The van der Waals surface area contributed by atoms with E-state index in [-0.39, 0.29) is 5.91 Å². The second-order valence-electron chi connectivity index (χ2n) is 7.62. The third kappa shape index (κ3) is 4.05. The van der Waals surface area contributed by atoms with Crippen LogP contribution in [-0.4, -0.2) is 15.9 Å². The van der Waals surface area contributed by atoms with Gasteiger partial charge in [-0.05, 0) is 46.5 Å². The van der Waals surface area contributed by atoms with Gasteiger partial charge in [0.15, 0.2) is 5.13 Å². The minimum Gasteiger partial charge on any atom is -0.283 e. The van der Waals surface area contributed by atoms with Gasteiger partial charge < -0.3 is 0 Å². The summed E-state index contributed by atoms with van der Waals surface area (Å²) in [6, 6.07) is 24.4. The highest BCUT2D eigenvalue weighted by Gasteiger charge is 2.21. The normalized spacial score (nSPS) is 11.1. The zero-order valence-corrected chi connectivity index (χ0v) is 18.0. The van der Waals surface area contributed by atoms with Gasteiger partial charge in [-0.25, -0.2) is 4.98 Å². The molecule has 0 unspecified atom stereocenters. The molecule has 31 heavy (non-hydrogen) atoms. The van der Waals surface area contributed by atoms with Gasteiger partial charge in [0, 0.05) is 12.4 Å². The zero-order valence-electron chi connectivity index (χ0n) is 17.2. The third-order valence-electron chi connectivity index (χ3n) is 5.37. The monoisotopic (exact) mass is 423 g/mol. The minimum absolute atomic E-state index is 0.0239. The molecule has 0 N–H and O–H groups in total. The van der Waals surface area contributed by atoms with Crippen LogP contribution >= 0.6 is 11.3 Å². The number of thiazole rings is 1. The van der Waals surface area contributed by atoms with Gasteiger partial charge in [0.2, 0.25) is 5.91 Å². The first-order chi connectivity index (χ1) is 15.2. The van der Waals surface area contributed by atoms with Crippen molar-refractivity contribution < 1.29 is 4.79 Å². The van der Waals surface area contributed by atoms with Crippen LogP contribution in [0.5, 0.6) is 0 Å². The van der Waals surface area contributed by atoms with Crippen LogP contribution in [0.4, 0.5) is 5.13 Å². The molecular weight excluding hydrogens is 402 g/mol. The van der Waals surface area contributed by atoms with Crippen LogP contribution in [0.2, 0.25) is 0 Å². The Bertz CT molecular complexity index is 1380. The number of nitrogens with zero attached hydrogens (tertiary/aromatic N) is 3. The summed E-state index contributed by atoms with van der Waals surface area (Å²) in [5.41, 5.74) is 4.04. The minimum atomic E-state index is 0.0239. The molecule has 1 amide bonds. The Hall–Kier alpha value is -3.57. The number of anilines is 1. The van der Waals surface area contributed by atoms with Crippen LogP contribution in [0.25, 0.3) is 21.0 Å². The molecule has 5 aromatic rings. The lowest BCUT2D eigenvalue weighted by Gasteiger charge is -2.20. The molecule has 152 valence electrons. The maximum atomic E-state index is 13.5. The predicted molar refractivity (Wildman–Crippen MR) is 127 cm³/mol. The summed E-state index contributed by atoms with van der Waals surface area (Å²) in [4.78, 5) is 24.3. The largest absolute Gasteiger partial charge is 0.283 e. The van der Waals surface area contributed by atoms with Gasteiger partial charge in [0.05, 0.1) is 23.2 Å². The fraction of sp³-hybridized carbons (Fsp3) is 0.115. The summed E-state index contributed by atoms with van der Waals surface area (Å²) < 4.78 is 1.09. The quantitative estimate of drug-likeness (QED) is 0.352. The molecule has 0 saturated carbocycles. The van der Waals surface area contributed by atoms with Crippen molar-refractivity contribution in [3.8, 4) is 0 Å². The number of aryl methyl sites for hydroxylation is 1. The van der Waals surface area contributed by atoms with Gasteiger partial charge in [0.25, 0.3) is 0 Å². The Morgan fingerprint density at radius 1 is 0.935 bits per heavy atom. The number of rotatable bonds is 5. The molecule has 0 aliphatic rings. The van der Waals surface area contributed by atoms with Gasteiger partial charge in [0.1, 0.15) is 0 Å². The lowest BCUT2D eigenvalue weighted by Crippen LogP contribution is -2.31. The average molecular weight is 424 g/mol. The Kier molecular flexibility index (Phi) is 5.18. The van der Waals surface area contributed by atoms with Crippen molar-refractivity contribution >= 4 is 43.4 Å². The summed E-state index contributed by atoms with van der Waals surface area (Å²) in [5.74, 6) is 0.0239. The molecule has 0 saturated heterocycles. The highest BCUT2D eigenvalue weighted by molar-refractivity contribution is 7.22. The lowest BCUT2D eigenvalue weighted by molar-refractivity contribution is -0.118. The standard InChI is InChI=1S/C26H21N3OS/c1-18-6-4-10-23-25(18)28-26(31-23)29(17-20-7-5-13-27-16-20)24(30)15-19-11-12-21-8-2-3-9-22(21)14-19/h2-14,16H,15,17H2,1H3. The van der Waals surface area contributed by atoms with Crippen LogP contribution in [0, 0.1) is 6.92 Å². The molecule has 5 rings (SSSR count). The predicted octanol–water partition coefficient (Wildman–Crippen LogP) is 5.93. The van der Waals surface area contributed by atoms with E-state index in [4.69, 9.17) is 4.98 Å². The number of pyridine rings is 1. The van der Waals surface area contributed by atoms with Crippen molar-refractivity contribution in [3.63, 3.8) is 0 Å². The number of aromatic nitrogens is 2. The fourth-order valence-corrected chi connectivity index (χ4v) is 4.81. The van der Waals surface area contributed by atoms with E-state index in [0.717, 1.165) is 37.4 Å². The first-order valence-corrected chi connectivity index (χ1v) is 11.0.